The molecule has 1 heterocycles. The third-order valence-electron chi connectivity index (χ3n) is 3.80. The van der Waals surface area contributed by atoms with Crippen LogP contribution in [0.15, 0.2) is 42.5 Å². The van der Waals surface area contributed by atoms with Gasteiger partial charge in [-0.25, -0.2) is 4.98 Å². The molecule has 28 heavy (non-hydrogen) atoms. The van der Waals surface area contributed by atoms with E-state index in [9.17, 15) is 18.4 Å². The summed E-state index contributed by atoms with van der Waals surface area (Å²) in [5.41, 5.74) is 0.805. The first-order chi connectivity index (χ1) is 13.4. The van der Waals surface area contributed by atoms with Crippen molar-refractivity contribution in [1.82, 2.24) is 14.9 Å². The van der Waals surface area contributed by atoms with Gasteiger partial charge in [-0.05, 0) is 30.3 Å². The van der Waals surface area contributed by atoms with Gasteiger partial charge in [-0.3, -0.25) is 14.2 Å². The summed E-state index contributed by atoms with van der Waals surface area (Å²) in [6.07, 6.45) is 0. The number of carbonyl (C=O) groups is 2. The molecule has 1 N–H and O–H groups in total. The predicted molar refractivity (Wildman–Crippen MR) is 99.6 cm³/mol. The first kappa shape index (κ1) is 20.0. The maximum Gasteiger partial charge on any atom is 0.325 e. The van der Waals surface area contributed by atoms with Gasteiger partial charge in [0.25, 0.3) is 5.91 Å². The van der Waals surface area contributed by atoms with E-state index in [1.54, 1.807) is 18.2 Å². The van der Waals surface area contributed by atoms with Gasteiger partial charge in [0.15, 0.2) is 5.82 Å². The molecule has 0 radical (unpaired) electrons. The van der Waals surface area contributed by atoms with Crippen LogP contribution >= 0.6 is 23.2 Å². The normalized spacial score (nSPS) is 11.0. The van der Waals surface area contributed by atoms with Crippen LogP contribution in [0.1, 0.15) is 22.7 Å². The number of benzene rings is 2. The number of aromatic nitrogens is 2. The largest absolute Gasteiger partial charge is 0.456 e. The molecule has 10 heteroatoms. The molecule has 146 valence electrons. The van der Waals surface area contributed by atoms with Crippen LogP contribution in [0.2, 0.25) is 10.0 Å². The fraction of sp³-hybridized carbons (Fsp3) is 0.167. The van der Waals surface area contributed by atoms with E-state index in [1.807, 2.05) is 0 Å². The first-order valence-electron chi connectivity index (χ1n) is 7.99. The van der Waals surface area contributed by atoms with Gasteiger partial charge in [-0.2, -0.15) is 8.78 Å². The Bertz CT molecular complexity index is 1040. The Kier molecular flexibility index (Phi) is 6.11. The summed E-state index contributed by atoms with van der Waals surface area (Å²) in [5, 5.41) is 2.84. The van der Waals surface area contributed by atoms with Gasteiger partial charge in [0, 0.05) is 5.56 Å². The van der Waals surface area contributed by atoms with Gasteiger partial charge in [-0.15, -0.1) is 0 Å². The van der Waals surface area contributed by atoms with Crippen molar-refractivity contribution < 1.29 is 23.1 Å². The number of ether oxygens (including phenoxy) is 1. The number of para-hydroxylation sites is 2. The summed E-state index contributed by atoms with van der Waals surface area (Å²) >= 11 is 11.6. The minimum absolute atomic E-state index is 0.0969. The third kappa shape index (κ3) is 4.40. The van der Waals surface area contributed by atoms with Crippen LogP contribution < -0.4 is 5.32 Å². The molecule has 0 aliphatic rings. The number of esters is 1. The SMILES string of the molecule is O=C(CNC(=O)c1ccc(Cl)c(Cl)c1)OCc1nc2ccccc2n1C(F)F. The number of hydrogen-bond acceptors (Lipinski definition) is 4. The number of imidazole rings is 1. The molecule has 1 aromatic heterocycles. The minimum Gasteiger partial charge on any atom is -0.456 e. The topological polar surface area (TPSA) is 73.2 Å². The number of rotatable bonds is 6. The summed E-state index contributed by atoms with van der Waals surface area (Å²) in [4.78, 5) is 27.9. The molecule has 0 spiro atoms. The fourth-order valence-electron chi connectivity index (χ4n) is 2.50. The summed E-state index contributed by atoms with van der Waals surface area (Å²) in [5.74, 6) is -1.46. The Hall–Kier alpha value is -2.71. The second-order valence-electron chi connectivity index (χ2n) is 5.64. The molecule has 0 saturated heterocycles. The third-order valence-corrected chi connectivity index (χ3v) is 4.54. The average Bonchev–Trinajstić information content (AvgIpc) is 3.05. The average molecular weight is 428 g/mol. The molecule has 6 nitrogen and oxygen atoms in total. The number of carbonyl (C=O) groups excluding carboxylic acids is 2. The molecule has 3 rings (SSSR count). The molecule has 0 unspecified atom stereocenters. The summed E-state index contributed by atoms with van der Waals surface area (Å²) < 4.78 is 32.3. The number of nitrogens with zero attached hydrogens (tertiary/aromatic N) is 2. The summed E-state index contributed by atoms with van der Waals surface area (Å²) in [7, 11) is 0. The maximum atomic E-state index is 13.3. The van der Waals surface area contributed by atoms with Crippen molar-refractivity contribution in [2.75, 3.05) is 6.54 Å². The van der Waals surface area contributed by atoms with Crippen LogP contribution in [0, 0.1) is 0 Å². The lowest BCUT2D eigenvalue weighted by Gasteiger charge is -2.09. The van der Waals surface area contributed by atoms with Crippen molar-refractivity contribution in [2.24, 2.45) is 0 Å². The molecular weight excluding hydrogens is 415 g/mol. The molecular formula is C18H13Cl2F2N3O3. The van der Waals surface area contributed by atoms with E-state index in [1.165, 1.54) is 24.3 Å². The van der Waals surface area contributed by atoms with Crippen LogP contribution in [0.25, 0.3) is 11.0 Å². The number of halogens is 4. The number of alkyl halides is 2. The lowest BCUT2D eigenvalue weighted by Crippen LogP contribution is -2.30. The smallest absolute Gasteiger partial charge is 0.325 e. The lowest BCUT2D eigenvalue weighted by molar-refractivity contribution is -0.144. The highest BCUT2D eigenvalue weighted by Crippen LogP contribution is 2.24. The lowest BCUT2D eigenvalue weighted by atomic mass is 10.2. The number of fused-ring (bicyclic) bond motifs is 1. The van der Waals surface area contributed by atoms with Gasteiger partial charge < -0.3 is 10.1 Å². The van der Waals surface area contributed by atoms with Crippen molar-refractivity contribution in [2.45, 2.75) is 13.2 Å². The van der Waals surface area contributed by atoms with E-state index in [-0.39, 0.29) is 21.9 Å². The van der Waals surface area contributed by atoms with Crippen molar-refractivity contribution in [1.29, 1.82) is 0 Å². The van der Waals surface area contributed by atoms with Crippen molar-refractivity contribution in [3.63, 3.8) is 0 Å². The van der Waals surface area contributed by atoms with E-state index in [0.29, 0.717) is 15.1 Å². The second kappa shape index (κ2) is 8.53. The number of nitrogens with one attached hydrogen (secondary N) is 1. The van der Waals surface area contributed by atoms with Crippen LogP contribution in [0.4, 0.5) is 8.78 Å². The Morgan fingerprint density at radius 1 is 1.14 bits per heavy atom. The minimum atomic E-state index is -2.84. The Morgan fingerprint density at radius 3 is 2.61 bits per heavy atom. The van der Waals surface area contributed by atoms with E-state index in [4.69, 9.17) is 27.9 Å². The van der Waals surface area contributed by atoms with E-state index in [0.717, 1.165) is 0 Å². The second-order valence-corrected chi connectivity index (χ2v) is 6.45. The van der Waals surface area contributed by atoms with Gasteiger partial charge in [0.1, 0.15) is 13.2 Å². The molecule has 2 aromatic carbocycles. The Balaban J connectivity index is 1.60. The molecule has 0 aliphatic heterocycles. The monoisotopic (exact) mass is 427 g/mol. The first-order valence-corrected chi connectivity index (χ1v) is 8.75. The van der Waals surface area contributed by atoms with Crippen molar-refractivity contribution >= 4 is 46.1 Å². The molecule has 3 aromatic rings. The molecule has 0 atom stereocenters. The van der Waals surface area contributed by atoms with Crippen molar-refractivity contribution in [3.05, 3.63) is 63.9 Å². The zero-order valence-corrected chi connectivity index (χ0v) is 15.7. The van der Waals surface area contributed by atoms with Crippen LogP contribution in [-0.2, 0) is 16.1 Å². The standard InChI is InChI=1S/C18H13Cl2F2N3O3/c19-11-6-5-10(7-12(11)20)17(27)23-8-16(26)28-9-15-24-13-3-1-2-4-14(13)25(15)18(21)22/h1-7,18H,8-9H2,(H,23,27). The highest BCUT2D eigenvalue weighted by atomic mass is 35.5. The zero-order valence-electron chi connectivity index (χ0n) is 14.2. The number of amides is 1. The van der Waals surface area contributed by atoms with Gasteiger partial charge in [-0.1, -0.05) is 35.3 Å². The predicted octanol–water partition coefficient (Wildman–Crippen LogP) is 4.21. The molecule has 0 aliphatic carbocycles. The van der Waals surface area contributed by atoms with Gasteiger partial charge >= 0.3 is 12.5 Å². The van der Waals surface area contributed by atoms with Crippen LogP contribution in [-0.4, -0.2) is 28.0 Å². The van der Waals surface area contributed by atoms with E-state index < -0.39 is 31.6 Å². The van der Waals surface area contributed by atoms with Gasteiger partial charge in [0.2, 0.25) is 0 Å². The molecule has 0 saturated carbocycles. The summed E-state index contributed by atoms with van der Waals surface area (Å²) in [6, 6.07) is 10.6. The van der Waals surface area contributed by atoms with Gasteiger partial charge in [0.05, 0.1) is 21.1 Å². The zero-order chi connectivity index (χ0) is 20.3. The molecule has 0 bridgehead atoms. The highest BCUT2D eigenvalue weighted by Gasteiger charge is 2.19. The molecule has 1 amide bonds. The van der Waals surface area contributed by atoms with Crippen molar-refractivity contribution in [3.8, 4) is 0 Å². The number of hydrogen-bond donors (Lipinski definition) is 1. The fourth-order valence-corrected chi connectivity index (χ4v) is 2.80. The maximum absolute atomic E-state index is 13.3. The Labute approximate surface area is 168 Å². The van der Waals surface area contributed by atoms with Crippen LogP contribution in [0.5, 0.6) is 0 Å². The molecule has 0 fully saturated rings. The van der Waals surface area contributed by atoms with E-state index in [2.05, 4.69) is 10.3 Å². The Morgan fingerprint density at radius 2 is 1.89 bits per heavy atom. The summed E-state index contributed by atoms with van der Waals surface area (Å²) in [6.45, 7) is -3.75. The highest BCUT2D eigenvalue weighted by molar-refractivity contribution is 6.42. The van der Waals surface area contributed by atoms with E-state index >= 15 is 0 Å². The quantitative estimate of drug-likeness (QED) is 0.597. The van der Waals surface area contributed by atoms with Crippen LogP contribution in [0.3, 0.4) is 0 Å².